The van der Waals surface area contributed by atoms with Gasteiger partial charge in [0.05, 0.1) is 11.5 Å². The van der Waals surface area contributed by atoms with Crippen molar-refractivity contribution in [2.45, 2.75) is 0 Å². The van der Waals surface area contributed by atoms with Gasteiger partial charge in [0, 0.05) is 23.9 Å². The first-order chi connectivity index (χ1) is 10.2. The molecule has 0 spiro atoms. The van der Waals surface area contributed by atoms with E-state index in [1.165, 1.54) is 4.90 Å². The van der Waals surface area contributed by atoms with E-state index in [1.807, 2.05) is 0 Å². The zero-order chi connectivity index (χ0) is 16.8. The second-order valence-electron chi connectivity index (χ2n) is 4.11. The molecule has 1 aromatic heterocycles. The van der Waals surface area contributed by atoms with E-state index < -0.39 is 19.7 Å². The molecule has 0 amide bonds. The van der Waals surface area contributed by atoms with Gasteiger partial charge in [-0.3, -0.25) is 0 Å². The number of hydrogen-bond donors (Lipinski definition) is 0. The number of anilines is 1. The highest BCUT2D eigenvalue weighted by atomic mass is 35.5. The maximum Gasteiger partial charge on any atom is 0.229 e. The Morgan fingerprint density at radius 1 is 1.05 bits per heavy atom. The predicted octanol–water partition coefficient (Wildman–Crippen LogP) is 0.448. The molecule has 122 valence electrons. The highest BCUT2D eigenvalue weighted by molar-refractivity contribution is 7.94. The van der Waals surface area contributed by atoms with Crippen LogP contribution in [0, 0.1) is 0 Å². The van der Waals surface area contributed by atoms with Gasteiger partial charge in [-0.25, -0.2) is 26.8 Å². The molecule has 11 heteroatoms. The zero-order valence-electron chi connectivity index (χ0n) is 11.6. The highest BCUT2D eigenvalue weighted by Gasteiger charge is 2.17. The fraction of sp³-hybridized carbons (Fsp3) is 0.364. The van der Waals surface area contributed by atoms with Crippen LogP contribution in [0.2, 0.25) is 5.28 Å². The number of rotatable bonds is 9. The Balaban J connectivity index is 2.95. The third-order valence-corrected chi connectivity index (χ3v) is 5.31. The van der Waals surface area contributed by atoms with Crippen molar-refractivity contribution in [1.82, 2.24) is 15.0 Å². The minimum absolute atomic E-state index is 0.0125. The summed E-state index contributed by atoms with van der Waals surface area (Å²) in [5.41, 5.74) is 0. The van der Waals surface area contributed by atoms with Crippen LogP contribution >= 0.6 is 11.6 Å². The summed E-state index contributed by atoms with van der Waals surface area (Å²) in [6.07, 6.45) is 1.15. The quantitative estimate of drug-likeness (QED) is 0.619. The normalized spacial score (nSPS) is 11.9. The van der Waals surface area contributed by atoms with E-state index in [2.05, 4.69) is 28.1 Å². The van der Waals surface area contributed by atoms with Crippen LogP contribution in [-0.2, 0) is 19.7 Å². The van der Waals surface area contributed by atoms with Crippen LogP contribution in [0.15, 0.2) is 30.3 Å². The van der Waals surface area contributed by atoms with Gasteiger partial charge in [-0.15, -0.1) is 0 Å². The largest absolute Gasteiger partial charge is 0.339 e. The van der Waals surface area contributed by atoms with Gasteiger partial charge in [0.15, 0.2) is 19.7 Å². The van der Waals surface area contributed by atoms with Crippen molar-refractivity contribution < 1.29 is 16.8 Å². The van der Waals surface area contributed by atoms with E-state index in [9.17, 15) is 16.8 Å². The van der Waals surface area contributed by atoms with Crippen LogP contribution in [-0.4, -0.2) is 56.4 Å². The molecule has 1 rings (SSSR count). The fourth-order valence-corrected chi connectivity index (χ4v) is 2.78. The lowest BCUT2D eigenvalue weighted by molar-refractivity contribution is 0.601. The number of halogens is 1. The molecule has 0 aliphatic rings. The molecule has 0 fully saturated rings. The monoisotopic (exact) mass is 366 g/mol. The van der Waals surface area contributed by atoms with Crippen LogP contribution in [0.3, 0.4) is 0 Å². The average Bonchev–Trinajstić information content (AvgIpc) is 2.47. The van der Waals surface area contributed by atoms with Crippen LogP contribution in [0.25, 0.3) is 0 Å². The lowest BCUT2D eigenvalue weighted by Gasteiger charge is -2.21. The molecule has 0 unspecified atom stereocenters. The van der Waals surface area contributed by atoms with E-state index in [0.29, 0.717) is 0 Å². The molecule has 0 saturated carbocycles. The highest BCUT2D eigenvalue weighted by Crippen LogP contribution is 2.10. The van der Waals surface area contributed by atoms with Gasteiger partial charge in [0.25, 0.3) is 0 Å². The van der Waals surface area contributed by atoms with Crippen LogP contribution < -0.4 is 4.90 Å². The van der Waals surface area contributed by atoms with Crippen molar-refractivity contribution in [3.63, 3.8) is 0 Å². The van der Waals surface area contributed by atoms with Crippen LogP contribution in [0.5, 0.6) is 0 Å². The summed E-state index contributed by atoms with van der Waals surface area (Å²) in [6.45, 7) is 6.41. The number of nitrogens with zero attached hydrogens (tertiary/aromatic N) is 4. The third-order valence-electron chi connectivity index (χ3n) is 2.61. The Morgan fingerprint density at radius 2 is 1.55 bits per heavy atom. The van der Waals surface area contributed by atoms with Gasteiger partial charge in [-0.05, 0) is 11.6 Å². The summed E-state index contributed by atoms with van der Waals surface area (Å²) in [4.78, 5) is 12.7. The minimum atomic E-state index is -3.44. The topological polar surface area (TPSA) is 110 Å². The lowest BCUT2D eigenvalue weighted by Crippen LogP contribution is -2.34. The molecule has 0 aliphatic heterocycles. The summed E-state index contributed by atoms with van der Waals surface area (Å²) in [6, 6.07) is 0. The van der Waals surface area contributed by atoms with Gasteiger partial charge >= 0.3 is 0 Å². The Bertz CT molecular complexity index is 707. The maximum atomic E-state index is 11.5. The van der Waals surface area contributed by atoms with Gasteiger partial charge in [0.1, 0.15) is 6.33 Å². The van der Waals surface area contributed by atoms with Crippen molar-refractivity contribution in [3.05, 3.63) is 35.6 Å². The molecule has 0 atom stereocenters. The molecular weight excluding hydrogens is 352 g/mol. The van der Waals surface area contributed by atoms with Crippen molar-refractivity contribution >= 4 is 37.2 Å². The molecule has 8 nitrogen and oxygen atoms in total. The van der Waals surface area contributed by atoms with Crippen molar-refractivity contribution in [2.24, 2.45) is 0 Å². The molecule has 0 saturated heterocycles. The van der Waals surface area contributed by atoms with Crippen molar-refractivity contribution in [3.8, 4) is 0 Å². The summed E-state index contributed by atoms with van der Waals surface area (Å²) in [5.74, 6) is -0.416. The Labute approximate surface area is 134 Å². The zero-order valence-corrected chi connectivity index (χ0v) is 14.0. The first-order valence-electron chi connectivity index (χ1n) is 5.99. The molecule has 0 N–H and O–H groups in total. The molecule has 0 bridgehead atoms. The summed E-state index contributed by atoms with van der Waals surface area (Å²) in [5, 5.41) is 1.60. The Hall–Kier alpha value is -1.52. The van der Waals surface area contributed by atoms with Crippen LogP contribution in [0.4, 0.5) is 5.95 Å². The summed E-state index contributed by atoms with van der Waals surface area (Å²) < 4.78 is 46.0. The smallest absolute Gasteiger partial charge is 0.229 e. The van der Waals surface area contributed by atoms with E-state index in [1.54, 1.807) is 0 Å². The van der Waals surface area contributed by atoms with E-state index in [4.69, 9.17) is 11.6 Å². The van der Waals surface area contributed by atoms with Gasteiger partial charge in [0.2, 0.25) is 11.2 Å². The molecule has 22 heavy (non-hydrogen) atoms. The predicted molar refractivity (Wildman–Crippen MR) is 85.0 cm³/mol. The first kappa shape index (κ1) is 18.5. The van der Waals surface area contributed by atoms with Gasteiger partial charge in [-0.1, -0.05) is 13.2 Å². The van der Waals surface area contributed by atoms with Crippen molar-refractivity contribution in [2.75, 3.05) is 29.5 Å². The molecule has 0 radical (unpaired) electrons. The number of aromatic nitrogens is 3. The fourth-order valence-electron chi connectivity index (χ4n) is 1.37. The standard InChI is InChI=1S/C11H15ClN4O4S2/c1-3-21(17,18)7-5-16(6-8-22(19,20)4-2)11-14-9-13-10(12)15-11/h3-4,9H,1-2,5-8H2. The summed E-state index contributed by atoms with van der Waals surface area (Å²) >= 11 is 5.67. The molecule has 0 aliphatic carbocycles. The first-order valence-corrected chi connectivity index (χ1v) is 9.80. The molecule has 1 heterocycles. The molecular formula is C11H15ClN4O4S2. The van der Waals surface area contributed by atoms with E-state index in [0.717, 1.165) is 17.1 Å². The van der Waals surface area contributed by atoms with E-state index >= 15 is 0 Å². The van der Waals surface area contributed by atoms with E-state index in [-0.39, 0.29) is 35.8 Å². The summed E-state index contributed by atoms with van der Waals surface area (Å²) in [7, 11) is -6.89. The second-order valence-corrected chi connectivity index (χ2v) is 8.58. The Morgan fingerprint density at radius 3 is 1.95 bits per heavy atom. The molecule has 0 aromatic carbocycles. The lowest BCUT2D eigenvalue weighted by atomic mass is 10.5. The SMILES string of the molecule is C=CS(=O)(=O)CCN(CCS(=O)(=O)C=C)c1ncnc(Cl)n1. The van der Waals surface area contributed by atoms with Crippen molar-refractivity contribution in [1.29, 1.82) is 0 Å². The minimum Gasteiger partial charge on any atom is -0.339 e. The maximum absolute atomic E-state index is 11.5. The average molecular weight is 367 g/mol. The number of hydrogen-bond acceptors (Lipinski definition) is 8. The van der Waals surface area contributed by atoms with Crippen LogP contribution in [0.1, 0.15) is 0 Å². The Kier molecular flexibility index (Phi) is 6.45. The second kappa shape index (κ2) is 7.65. The number of sulfone groups is 2. The van der Waals surface area contributed by atoms with Gasteiger partial charge in [-0.2, -0.15) is 4.98 Å². The van der Waals surface area contributed by atoms with Gasteiger partial charge < -0.3 is 4.90 Å². The third kappa shape index (κ3) is 6.08. The molecule has 1 aromatic rings.